The van der Waals surface area contributed by atoms with E-state index in [1.807, 2.05) is 32.3 Å². The third-order valence-corrected chi connectivity index (χ3v) is 7.87. The average Bonchev–Trinajstić information content (AvgIpc) is 3.49. The summed E-state index contributed by atoms with van der Waals surface area (Å²) in [7, 11) is 0. The number of hydrogen-bond donors (Lipinski definition) is 0. The van der Waals surface area contributed by atoms with Crippen LogP contribution in [0.5, 0.6) is 0 Å². The zero-order valence-corrected chi connectivity index (χ0v) is 18.2. The van der Waals surface area contributed by atoms with Gasteiger partial charge < -0.3 is 4.90 Å². The number of rotatable bonds is 3. The molecule has 1 fully saturated rings. The van der Waals surface area contributed by atoms with E-state index in [0.717, 1.165) is 39.0 Å². The van der Waals surface area contributed by atoms with E-state index in [1.165, 1.54) is 22.7 Å². The Morgan fingerprint density at radius 3 is 2.50 bits per heavy atom. The fourth-order valence-corrected chi connectivity index (χ4v) is 6.32. The summed E-state index contributed by atoms with van der Waals surface area (Å²) in [6, 6.07) is 3.55. The van der Waals surface area contributed by atoms with Crippen LogP contribution in [0, 0.1) is 0 Å². The summed E-state index contributed by atoms with van der Waals surface area (Å²) in [5.74, 6) is 0.0676. The van der Waals surface area contributed by atoms with Gasteiger partial charge >= 0.3 is 0 Å². The molecule has 8 nitrogen and oxygen atoms in total. The van der Waals surface area contributed by atoms with Crippen molar-refractivity contribution in [1.29, 1.82) is 0 Å². The summed E-state index contributed by atoms with van der Waals surface area (Å²) < 4.78 is 3.60. The van der Waals surface area contributed by atoms with Crippen LogP contribution in [-0.2, 0) is 6.54 Å². The molecular formula is C19H16N6O2S3. The normalized spacial score (nSPS) is 15.7. The van der Waals surface area contributed by atoms with E-state index in [2.05, 4.69) is 14.9 Å². The minimum absolute atomic E-state index is 0.0483. The number of thiazole rings is 2. The first-order valence-corrected chi connectivity index (χ1v) is 12.1. The van der Waals surface area contributed by atoms with Gasteiger partial charge in [-0.1, -0.05) is 0 Å². The van der Waals surface area contributed by atoms with Crippen LogP contribution in [0.2, 0.25) is 0 Å². The summed E-state index contributed by atoms with van der Waals surface area (Å²) in [4.78, 5) is 41.8. The second kappa shape index (κ2) is 6.98. The molecule has 152 valence electrons. The van der Waals surface area contributed by atoms with Gasteiger partial charge in [-0.25, -0.2) is 9.97 Å². The molecule has 0 atom stereocenters. The lowest BCUT2D eigenvalue weighted by Gasteiger charge is -2.34. The van der Waals surface area contributed by atoms with Crippen molar-refractivity contribution in [1.82, 2.24) is 28.6 Å². The van der Waals surface area contributed by atoms with Crippen LogP contribution in [0.4, 0.5) is 0 Å². The van der Waals surface area contributed by atoms with E-state index in [1.54, 1.807) is 28.0 Å². The second-order valence-electron chi connectivity index (χ2n) is 7.18. The van der Waals surface area contributed by atoms with Gasteiger partial charge in [0.15, 0.2) is 9.92 Å². The SMILES string of the molecule is O=C(c1cc2c(nc3sccn32)s1)N1CCN(Cc2cc(=O)n3ccsc3n2)CC1. The number of carbonyl (C=O) groups is 1. The lowest BCUT2D eigenvalue weighted by Crippen LogP contribution is -2.48. The molecule has 6 rings (SSSR count). The summed E-state index contributed by atoms with van der Waals surface area (Å²) in [6.07, 6.45) is 3.73. The molecule has 0 N–H and O–H groups in total. The number of piperazine rings is 1. The second-order valence-corrected chi connectivity index (χ2v) is 9.95. The van der Waals surface area contributed by atoms with E-state index in [-0.39, 0.29) is 11.5 Å². The van der Waals surface area contributed by atoms with E-state index >= 15 is 0 Å². The molecule has 0 aromatic carbocycles. The molecule has 30 heavy (non-hydrogen) atoms. The van der Waals surface area contributed by atoms with Crippen molar-refractivity contribution in [2.45, 2.75) is 6.54 Å². The highest BCUT2D eigenvalue weighted by Crippen LogP contribution is 2.29. The first-order chi connectivity index (χ1) is 14.7. The predicted molar refractivity (Wildman–Crippen MR) is 119 cm³/mol. The molecule has 11 heteroatoms. The van der Waals surface area contributed by atoms with E-state index < -0.39 is 0 Å². The van der Waals surface area contributed by atoms with Gasteiger partial charge in [0.1, 0.15) is 4.83 Å². The van der Waals surface area contributed by atoms with Crippen molar-refractivity contribution in [2.24, 2.45) is 0 Å². The van der Waals surface area contributed by atoms with Gasteiger partial charge in [0.25, 0.3) is 11.5 Å². The molecule has 0 unspecified atom stereocenters. The molecule has 5 aromatic heterocycles. The highest BCUT2D eigenvalue weighted by Gasteiger charge is 2.25. The third-order valence-electron chi connectivity index (χ3n) is 5.35. The summed E-state index contributed by atoms with van der Waals surface area (Å²) in [6.45, 7) is 3.47. The van der Waals surface area contributed by atoms with Gasteiger partial charge in [-0.15, -0.1) is 34.0 Å². The molecule has 0 saturated carbocycles. The van der Waals surface area contributed by atoms with Gasteiger partial charge in [-0.05, 0) is 6.07 Å². The van der Waals surface area contributed by atoms with Crippen molar-refractivity contribution >= 4 is 60.2 Å². The van der Waals surface area contributed by atoms with Gasteiger partial charge in [0.05, 0.1) is 16.1 Å². The van der Waals surface area contributed by atoms with Gasteiger partial charge in [0.2, 0.25) is 0 Å². The van der Waals surface area contributed by atoms with Crippen molar-refractivity contribution in [3.05, 3.63) is 56.2 Å². The Kier molecular flexibility index (Phi) is 4.23. The third kappa shape index (κ3) is 2.97. The molecule has 1 saturated heterocycles. The number of aromatic nitrogens is 4. The Labute approximate surface area is 182 Å². The number of carbonyl (C=O) groups excluding carboxylic acids is 1. The standard InChI is InChI=1S/C19H16N6O2S3/c26-15-9-12(20-18-25(15)6-8-28-18)11-22-1-3-23(4-2-22)17(27)14-10-13-16(30-14)21-19-24(13)5-7-29-19/h5-10H,1-4,11H2. The van der Waals surface area contributed by atoms with E-state index in [4.69, 9.17) is 0 Å². The lowest BCUT2D eigenvalue weighted by atomic mass is 10.2. The van der Waals surface area contributed by atoms with Gasteiger partial charge in [0, 0.05) is 61.9 Å². The Balaban J connectivity index is 1.14. The fourth-order valence-electron chi connectivity index (χ4n) is 3.82. The van der Waals surface area contributed by atoms with Crippen LogP contribution in [0.3, 0.4) is 0 Å². The first kappa shape index (κ1) is 18.2. The first-order valence-electron chi connectivity index (χ1n) is 9.48. The van der Waals surface area contributed by atoms with Crippen LogP contribution >= 0.6 is 34.0 Å². The molecular weight excluding hydrogens is 440 g/mol. The van der Waals surface area contributed by atoms with Crippen LogP contribution in [0.15, 0.2) is 40.1 Å². The molecule has 0 spiro atoms. The van der Waals surface area contributed by atoms with Crippen LogP contribution in [-0.4, -0.2) is 60.7 Å². The maximum absolute atomic E-state index is 13.0. The highest BCUT2D eigenvalue weighted by molar-refractivity contribution is 7.21. The minimum atomic E-state index is -0.0483. The molecule has 1 aliphatic heterocycles. The molecule has 0 bridgehead atoms. The topological polar surface area (TPSA) is 75.2 Å². The number of amides is 1. The maximum Gasteiger partial charge on any atom is 0.264 e. The van der Waals surface area contributed by atoms with Crippen LogP contribution < -0.4 is 5.56 Å². The van der Waals surface area contributed by atoms with Crippen molar-refractivity contribution in [3.63, 3.8) is 0 Å². The largest absolute Gasteiger partial charge is 0.335 e. The number of thiophene rings is 1. The molecule has 5 aromatic rings. The van der Waals surface area contributed by atoms with Crippen molar-refractivity contribution in [3.8, 4) is 0 Å². The zero-order valence-electron chi connectivity index (χ0n) is 15.7. The molecule has 0 aliphatic carbocycles. The maximum atomic E-state index is 13.0. The smallest absolute Gasteiger partial charge is 0.264 e. The van der Waals surface area contributed by atoms with E-state index in [9.17, 15) is 9.59 Å². The molecule has 0 radical (unpaired) electrons. The quantitative estimate of drug-likeness (QED) is 0.417. The minimum Gasteiger partial charge on any atom is -0.335 e. The number of nitrogens with zero attached hydrogens (tertiary/aromatic N) is 6. The van der Waals surface area contributed by atoms with Gasteiger partial charge in [-0.2, -0.15) is 0 Å². The Bertz CT molecular complexity index is 1450. The average molecular weight is 457 g/mol. The summed E-state index contributed by atoms with van der Waals surface area (Å²) >= 11 is 4.51. The number of imidazole rings is 1. The summed E-state index contributed by atoms with van der Waals surface area (Å²) in [5, 5.41) is 3.86. The highest BCUT2D eigenvalue weighted by atomic mass is 32.1. The fraction of sp³-hybridized carbons (Fsp3) is 0.263. The number of fused-ring (bicyclic) bond motifs is 4. The van der Waals surface area contributed by atoms with Crippen molar-refractivity contribution < 1.29 is 4.79 Å². The molecule has 1 aliphatic rings. The van der Waals surface area contributed by atoms with Gasteiger partial charge in [-0.3, -0.25) is 23.3 Å². The number of hydrogen-bond acceptors (Lipinski definition) is 8. The Morgan fingerprint density at radius 1 is 0.967 bits per heavy atom. The monoisotopic (exact) mass is 456 g/mol. The van der Waals surface area contributed by atoms with Crippen LogP contribution in [0.1, 0.15) is 15.4 Å². The van der Waals surface area contributed by atoms with Crippen LogP contribution in [0.25, 0.3) is 20.3 Å². The molecule has 6 heterocycles. The molecule has 1 amide bonds. The Hall–Kier alpha value is -2.60. The van der Waals surface area contributed by atoms with Crippen molar-refractivity contribution in [2.75, 3.05) is 26.2 Å². The Morgan fingerprint density at radius 2 is 1.70 bits per heavy atom. The van der Waals surface area contributed by atoms with E-state index in [0.29, 0.717) is 24.6 Å². The predicted octanol–water partition coefficient (Wildman–Crippen LogP) is 2.64. The lowest BCUT2D eigenvalue weighted by molar-refractivity contribution is 0.0632. The summed E-state index contributed by atoms with van der Waals surface area (Å²) in [5.41, 5.74) is 1.73. The zero-order chi connectivity index (χ0) is 20.2.